The molecule has 0 unspecified atom stereocenters. The van der Waals surface area contributed by atoms with Crippen molar-refractivity contribution in [3.8, 4) is 0 Å². The summed E-state index contributed by atoms with van der Waals surface area (Å²) in [5.74, 6) is -0.937. The summed E-state index contributed by atoms with van der Waals surface area (Å²) < 4.78 is 5.28. The fourth-order valence-corrected chi connectivity index (χ4v) is 2.86. The van der Waals surface area contributed by atoms with E-state index in [9.17, 15) is 14.4 Å². The van der Waals surface area contributed by atoms with Gasteiger partial charge < -0.3 is 10.1 Å². The molecule has 0 saturated heterocycles. The second-order valence-corrected chi connectivity index (χ2v) is 6.83. The normalized spacial score (nSPS) is 11.6. The van der Waals surface area contributed by atoms with Crippen LogP contribution in [0.1, 0.15) is 48.0 Å². The number of aromatic nitrogens is 2. The van der Waals surface area contributed by atoms with Crippen molar-refractivity contribution in [3.05, 3.63) is 40.9 Å². The van der Waals surface area contributed by atoms with Gasteiger partial charge in [-0.15, -0.1) is 10.2 Å². The zero-order chi connectivity index (χ0) is 18.9. The number of ether oxygens (including phenoxy) is 1. The van der Waals surface area contributed by atoms with Crippen LogP contribution < -0.4 is 5.32 Å². The molecule has 0 aliphatic rings. The molecule has 1 amide bonds. The van der Waals surface area contributed by atoms with Gasteiger partial charge in [0, 0.05) is 18.4 Å². The number of aryl methyl sites for hydroxylation is 1. The van der Waals surface area contributed by atoms with Gasteiger partial charge in [-0.3, -0.25) is 14.4 Å². The molecule has 0 bridgehead atoms. The topological polar surface area (TPSA) is 98.2 Å². The van der Waals surface area contributed by atoms with Crippen molar-refractivity contribution in [1.29, 1.82) is 0 Å². The van der Waals surface area contributed by atoms with E-state index < -0.39 is 12.1 Å². The number of hydrogen-bond donors (Lipinski definition) is 1. The van der Waals surface area contributed by atoms with Crippen molar-refractivity contribution in [2.45, 2.75) is 45.6 Å². The Morgan fingerprint density at radius 1 is 1.15 bits per heavy atom. The van der Waals surface area contributed by atoms with Gasteiger partial charge in [0.25, 0.3) is 0 Å². The Hall–Kier alpha value is -2.61. The Balaban J connectivity index is 1.74. The maximum absolute atomic E-state index is 12.3. The highest BCUT2D eigenvalue weighted by molar-refractivity contribution is 7.15. The van der Waals surface area contributed by atoms with Gasteiger partial charge in [-0.25, -0.2) is 0 Å². The molecule has 1 N–H and O–H groups in total. The van der Waals surface area contributed by atoms with Crippen LogP contribution in [0.2, 0.25) is 0 Å². The van der Waals surface area contributed by atoms with Crippen molar-refractivity contribution in [1.82, 2.24) is 10.2 Å². The zero-order valence-electron chi connectivity index (χ0n) is 14.7. The molecule has 1 heterocycles. The molecular weight excluding hydrogens is 354 g/mol. The number of nitrogens with one attached hydrogen (secondary N) is 1. The number of carbonyl (C=O) groups is 3. The molecule has 0 saturated carbocycles. The van der Waals surface area contributed by atoms with Gasteiger partial charge in [0.1, 0.15) is 5.01 Å². The van der Waals surface area contributed by atoms with E-state index >= 15 is 0 Å². The third-order valence-corrected chi connectivity index (χ3v) is 4.31. The number of rotatable bonds is 9. The molecule has 1 aromatic heterocycles. The Labute approximate surface area is 155 Å². The first kappa shape index (κ1) is 19.7. The molecule has 0 spiro atoms. The van der Waals surface area contributed by atoms with E-state index in [1.807, 2.05) is 6.07 Å². The highest BCUT2D eigenvalue weighted by Crippen LogP contribution is 2.15. The van der Waals surface area contributed by atoms with E-state index in [4.69, 9.17) is 4.74 Å². The number of hydrogen-bond acceptors (Lipinski definition) is 7. The number of benzene rings is 1. The van der Waals surface area contributed by atoms with Gasteiger partial charge in [0.2, 0.25) is 16.8 Å². The minimum absolute atomic E-state index is 0.0706. The van der Waals surface area contributed by atoms with E-state index in [1.165, 1.54) is 11.3 Å². The maximum Gasteiger partial charge on any atom is 0.306 e. The quantitative estimate of drug-likeness (QED) is 0.534. The summed E-state index contributed by atoms with van der Waals surface area (Å²) in [5, 5.41) is 11.4. The molecular formula is C18H21N3O4S. The molecule has 0 radical (unpaired) electrons. The zero-order valence-corrected chi connectivity index (χ0v) is 15.5. The van der Waals surface area contributed by atoms with Crippen molar-refractivity contribution in [2.75, 3.05) is 5.32 Å². The Kier molecular flexibility index (Phi) is 7.40. The number of ketones is 1. The van der Waals surface area contributed by atoms with Crippen molar-refractivity contribution in [2.24, 2.45) is 0 Å². The summed E-state index contributed by atoms with van der Waals surface area (Å²) in [5.41, 5.74) is 0.513. The summed E-state index contributed by atoms with van der Waals surface area (Å²) in [6.45, 7) is 3.58. The predicted octanol–water partition coefficient (Wildman–Crippen LogP) is 3.16. The molecule has 2 rings (SSSR count). The Morgan fingerprint density at radius 3 is 2.50 bits per heavy atom. The van der Waals surface area contributed by atoms with Crippen molar-refractivity contribution < 1.29 is 19.1 Å². The van der Waals surface area contributed by atoms with Gasteiger partial charge in [-0.2, -0.15) is 0 Å². The van der Waals surface area contributed by atoms with Gasteiger partial charge in [-0.05, 0) is 19.8 Å². The molecule has 2 aromatic rings. The summed E-state index contributed by atoms with van der Waals surface area (Å²) in [4.78, 5) is 36.1. The lowest BCUT2D eigenvalue weighted by Gasteiger charge is -2.15. The average molecular weight is 375 g/mol. The van der Waals surface area contributed by atoms with Gasteiger partial charge >= 0.3 is 5.97 Å². The fourth-order valence-electron chi connectivity index (χ4n) is 2.25. The predicted molar refractivity (Wildman–Crippen MR) is 98.1 cm³/mol. The third-order valence-electron chi connectivity index (χ3n) is 3.55. The third kappa shape index (κ3) is 6.03. The Morgan fingerprint density at radius 2 is 1.88 bits per heavy atom. The Bertz CT molecular complexity index is 761. The molecule has 26 heavy (non-hydrogen) atoms. The van der Waals surface area contributed by atoms with Crippen LogP contribution in [0.5, 0.6) is 0 Å². The minimum atomic E-state index is -0.803. The standard InChI is InChI=1S/C18H21N3O4S/c1-3-14(17(24)13-8-5-4-6-9-13)25-16(23)11-7-10-15(22)19-18-21-20-12(2)26-18/h4-6,8-9,14H,3,7,10-11H2,1-2H3,(H,19,21,22)/t14-/m0/s1. The van der Waals surface area contributed by atoms with E-state index in [1.54, 1.807) is 38.1 Å². The van der Waals surface area contributed by atoms with Crippen LogP contribution in [0.4, 0.5) is 5.13 Å². The van der Waals surface area contributed by atoms with Gasteiger partial charge in [0.05, 0.1) is 0 Å². The second kappa shape index (κ2) is 9.76. The molecule has 0 aliphatic carbocycles. The lowest BCUT2D eigenvalue weighted by Crippen LogP contribution is -2.26. The summed E-state index contributed by atoms with van der Waals surface area (Å²) >= 11 is 1.29. The number of Topliss-reactive ketones (excluding diaryl/α,β-unsaturated/α-hetero) is 1. The van der Waals surface area contributed by atoms with E-state index in [-0.39, 0.29) is 24.5 Å². The lowest BCUT2D eigenvalue weighted by atomic mass is 10.0. The van der Waals surface area contributed by atoms with Crippen LogP contribution in [0.25, 0.3) is 0 Å². The number of carbonyl (C=O) groups excluding carboxylic acids is 3. The van der Waals surface area contributed by atoms with E-state index in [0.717, 1.165) is 5.01 Å². The summed E-state index contributed by atoms with van der Waals surface area (Å²) in [6, 6.07) is 8.73. The average Bonchev–Trinajstić information content (AvgIpc) is 3.04. The van der Waals surface area contributed by atoms with Crippen LogP contribution in [0, 0.1) is 6.92 Å². The molecule has 138 valence electrons. The molecule has 8 heteroatoms. The largest absolute Gasteiger partial charge is 0.454 e. The monoisotopic (exact) mass is 375 g/mol. The van der Waals surface area contributed by atoms with Crippen LogP contribution >= 0.6 is 11.3 Å². The first-order valence-electron chi connectivity index (χ1n) is 8.38. The van der Waals surface area contributed by atoms with Crippen LogP contribution in [-0.2, 0) is 14.3 Å². The lowest BCUT2D eigenvalue weighted by molar-refractivity contribution is -0.147. The first-order chi connectivity index (χ1) is 12.5. The second-order valence-electron chi connectivity index (χ2n) is 5.64. The van der Waals surface area contributed by atoms with Crippen LogP contribution in [-0.4, -0.2) is 34.0 Å². The molecule has 0 aliphatic heterocycles. The number of esters is 1. The van der Waals surface area contributed by atoms with Crippen LogP contribution in [0.15, 0.2) is 30.3 Å². The maximum atomic E-state index is 12.3. The number of amides is 1. The van der Waals surface area contributed by atoms with Crippen LogP contribution in [0.3, 0.4) is 0 Å². The number of anilines is 1. The molecule has 1 atom stereocenters. The smallest absolute Gasteiger partial charge is 0.306 e. The van der Waals surface area contributed by atoms with E-state index in [2.05, 4.69) is 15.5 Å². The molecule has 7 nitrogen and oxygen atoms in total. The molecule has 1 aromatic carbocycles. The van der Waals surface area contributed by atoms with Crippen molar-refractivity contribution >= 4 is 34.1 Å². The minimum Gasteiger partial charge on any atom is -0.454 e. The van der Waals surface area contributed by atoms with E-state index in [0.29, 0.717) is 23.5 Å². The fraction of sp³-hybridized carbons (Fsp3) is 0.389. The van der Waals surface area contributed by atoms with Crippen molar-refractivity contribution in [3.63, 3.8) is 0 Å². The number of nitrogens with zero attached hydrogens (tertiary/aromatic N) is 2. The summed E-state index contributed by atoms with van der Waals surface area (Å²) in [6.07, 6.45) is 0.163. The SMILES string of the molecule is CC[C@H](OC(=O)CCCC(=O)Nc1nnc(C)s1)C(=O)c1ccccc1. The van der Waals surface area contributed by atoms with Gasteiger partial charge in [-0.1, -0.05) is 48.6 Å². The first-order valence-corrected chi connectivity index (χ1v) is 9.20. The highest BCUT2D eigenvalue weighted by Gasteiger charge is 2.22. The molecule has 0 fully saturated rings. The highest BCUT2D eigenvalue weighted by atomic mass is 32.1. The summed E-state index contributed by atoms with van der Waals surface area (Å²) in [7, 11) is 0. The van der Waals surface area contributed by atoms with Gasteiger partial charge in [0.15, 0.2) is 6.10 Å².